The van der Waals surface area contributed by atoms with Gasteiger partial charge in [0.25, 0.3) is 0 Å². The fourth-order valence-corrected chi connectivity index (χ4v) is 4.96. The molecule has 3 heteroatoms. The Bertz CT molecular complexity index is 1080. The van der Waals surface area contributed by atoms with Gasteiger partial charge in [0.05, 0.1) is 17.6 Å². The summed E-state index contributed by atoms with van der Waals surface area (Å²) in [6, 6.07) is 18.2. The van der Waals surface area contributed by atoms with Gasteiger partial charge >= 0.3 is 0 Å². The van der Waals surface area contributed by atoms with Crippen LogP contribution in [0.3, 0.4) is 0 Å². The van der Waals surface area contributed by atoms with Crippen LogP contribution in [0.15, 0.2) is 66.4 Å². The summed E-state index contributed by atoms with van der Waals surface area (Å²) >= 11 is 0. The van der Waals surface area contributed by atoms with Crippen LogP contribution in [0.1, 0.15) is 46.9 Å². The highest BCUT2D eigenvalue weighted by molar-refractivity contribution is 5.99. The lowest BCUT2D eigenvalue weighted by atomic mass is 9.68. The van der Waals surface area contributed by atoms with Crippen molar-refractivity contribution in [2.75, 3.05) is 0 Å². The molecule has 2 unspecified atom stereocenters. The predicted octanol–water partition coefficient (Wildman–Crippen LogP) is 5.42. The molecule has 3 aromatic rings. The number of hydrogen-bond donors (Lipinski definition) is 0. The van der Waals surface area contributed by atoms with Crippen molar-refractivity contribution >= 4 is 11.9 Å². The summed E-state index contributed by atoms with van der Waals surface area (Å²) in [7, 11) is 0. The zero-order valence-corrected chi connectivity index (χ0v) is 16.4. The van der Waals surface area contributed by atoms with E-state index in [2.05, 4.69) is 49.3 Å². The Morgan fingerprint density at radius 3 is 2.61 bits per heavy atom. The van der Waals surface area contributed by atoms with E-state index < -0.39 is 0 Å². The van der Waals surface area contributed by atoms with Crippen molar-refractivity contribution in [1.82, 2.24) is 9.78 Å². The second kappa shape index (κ2) is 6.30. The van der Waals surface area contributed by atoms with Gasteiger partial charge in [-0.1, -0.05) is 60.5 Å². The lowest BCUT2D eigenvalue weighted by Crippen LogP contribution is -2.33. The van der Waals surface area contributed by atoms with Gasteiger partial charge in [-0.3, -0.25) is 4.79 Å². The Hall–Kier alpha value is -2.94. The molecule has 2 aliphatic rings. The number of aromatic nitrogens is 2. The zero-order valence-electron chi connectivity index (χ0n) is 16.4. The number of hydrogen-bond acceptors (Lipinski definition) is 2. The van der Waals surface area contributed by atoms with E-state index in [1.165, 1.54) is 22.4 Å². The van der Waals surface area contributed by atoms with Crippen LogP contribution in [-0.2, 0) is 6.42 Å². The lowest BCUT2D eigenvalue weighted by molar-refractivity contribution is 0.0843. The first kappa shape index (κ1) is 17.2. The first-order valence-electron chi connectivity index (χ1n) is 10.0. The number of nitrogens with zero attached hydrogens (tertiary/aromatic N) is 2. The van der Waals surface area contributed by atoms with E-state index in [1.807, 2.05) is 41.2 Å². The van der Waals surface area contributed by atoms with Gasteiger partial charge in [-0.05, 0) is 50.0 Å². The highest BCUT2D eigenvalue weighted by atomic mass is 16.1. The van der Waals surface area contributed by atoms with Crippen LogP contribution in [0.2, 0.25) is 0 Å². The highest BCUT2D eigenvalue weighted by Gasteiger charge is 2.48. The Kier molecular flexibility index (Phi) is 3.87. The molecule has 1 aromatic heterocycles. The molecule has 28 heavy (non-hydrogen) atoms. The number of aryl methyl sites for hydroxylation is 1. The maximum atomic E-state index is 13.2. The fourth-order valence-electron chi connectivity index (χ4n) is 4.96. The van der Waals surface area contributed by atoms with Crippen LogP contribution in [-0.4, -0.2) is 15.6 Å². The van der Waals surface area contributed by atoms with Crippen LogP contribution < -0.4 is 0 Å². The minimum atomic E-state index is -0.110. The average Bonchev–Trinajstić information content (AvgIpc) is 3.26. The van der Waals surface area contributed by atoms with E-state index in [0.717, 1.165) is 30.5 Å². The summed E-state index contributed by atoms with van der Waals surface area (Å²) in [5.41, 5.74) is 6.85. The third-order valence-electron chi connectivity index (χ3n) is 6.61. The van der Waals surface area contributed by atoms with Crippen molar-refractivity contribution in [3.8, 4) is 5.69 Å². The molecule has 0 aliphatic heterocycles. The lowest BCUT2D eigenvalue weighted by Gasteiger charge is -2.35. The maximum absolute atomic E-state index is 13.2. The van der Waals surface area contributed by atoms with E-state index in [-0.39, 0.29) is 17.1 Å². The molecule has 1 heterocycles. The molecule has 140 valence electrons. The number of carbonyl (C=O) groups is 1. The summed E-state index contributed by atoms with van der Waals surface area (Å²) < 4.78 is 2.04. The highest BCUT2D eigenvalue weighted by Crippen LogP contribution is 2.54. The van der Waals surface area contributed by atoms with E-state index in [4.69, 9.17) is 0 Å². The number of Topliss-reactive ketones (excluding diaryl/α,β-unsaturated/α-hetero) is 1. The minimum absolute atomic E-state index is 0.0389. The molecule has 0 radical (unpaired) electrons. The van der Waals surface area contributed by atoms with Crippen molar-refractivity contribution in [3.63, 3.8) is 0 Å². The Morgan fingerprint density at radius 2 is 1.86 bits per heavy atom. The molecule has 0 bridgehead atoms. The summed E-state index contributed by atoms with van der Waals surface area (Å²) in [5.74, 6) is 0.318. The van der Waals surface area contributed by atoms with Crippen LogP contribution in [0, 0.1) is 18.3 Å². The SMILES string of the molecule is Cc1ccc(-n2ncc3c2C=C2CCC(C(=O)c4ccccc4)C2(C)C3)cc1. The molecule has 0 amide bonds. The predicted molar refractivity (Wildman–Crippen MR) is 112 cm³/mol. The van der Waals surface area contributed by atoms with Crippen LogP contribution in [0.5, 0.6) is 0 Å². The van der Waals surface area contributed by atoms with E-state index >= 15 is 0 Å². The standard InChI is InChI=1S/C25H24N2O/c1-17-8-11-21(12-9-17)27-23-14-20-10-13-22(24(28)18-6-4-3-5-7-18)25(20,2)15-19(23)16-26-27/h3-9,11-12,14,16,22H,10,13,15H2,1-2H3. The van der Waals surface area contributed by atoms with Crippen molar-refractivity contribution in [2.24, 2.45) is 11.3 Å². The number of allylic oxidation sites excluding steroid dienone is 1. The van der Waals surface area contributed by atoms with Crippen LogP contribution >= 0.6 is 0 Å². The minimum Gasteiger partial charge on any atom is -0.294 e. The number of fused-ring (bicyclic) bond motifs is 2. The van der Waals surface area contributed by atoms with Crippen molar-refractivity contribution < 1.29 is 4.79 Å². The van der Waals surface area contributed by atoms with Crippen molar-refractivity contribution in [3.05, 3.63) is 88.8 Å². The van der Waals surface area contributed by atoms with Gasteiger partial charge in [0, 0.05) is 16.9 Å². The normalized spacial score (nSPS) is 23.1. The number of benzene rings is 2. The first-order valence-corrected chi connectivity index (χ1v) is 10.0. The monoisotopic (exact) mass is 368 g/mol. The second-order valence-electron chi connectivity index (χ2n) is 8.39. The first-order chi connectivity index (χ1) is 13.6. The Balaban J connectivity index is 1.52. The van der Waals surface area contributed by atoms with Gasteiger partial charge in [0.15, 0.2) is 5.78 Å². The number of carbonyl (C=O) groups excluding carboxylic acids is 1. The van der Waals surface area contributed by atoms with Gasteiger partial charge in [-0.25, -0.2) is 4.68 Å². The molecule has 1 saturated carbocycles. The summed E-state index contributed by atoms with van der Waals surface area (Å²) in [6.07, 6.45) is 7.07. The molecule has 2 aromatic carbocycles. The third-order valence-corrected chi connectivity index (χ3v) is 6.61. The van der Waals surface area contributed by atoms with Crippen LogP contribution in [0.4, 0.5) is 0 Å². The van der Waals surface area contributed by atoms with Crippen molar-refractivity contribution in [2.45, 2.75) is 33.1 Å². The molecular weight excluding hydrogens is 344 g/mol. The van der Waals surface area contributed by atoms with Gasteiger partial charge in [-0.2, -0.15) is 5.10 Å². The van der Waals surface area contributed by atoms with E-state index in [1.54, 1.807) is 0 Å². The zero-order chi connectivity index (χ0) is 19.3. The topological polar surface area (TPSA) is 34.9 Å². The summed E-state index contributed by atoms with van der Waals surface area (Å²) in [5, 5.41) is 4.67. The summed E-state index contributed by atoms with van der Waals surface area (Å²) in [6.45, 7) is 4.36. The summed E-state index contributed by atoms with van der Waals surface area (Å²) in [4.78, 5) is 13.2. The molecule has 1 fully saturated rings. The molecule has 3 nitrogen and oxygen atoms in total. The van der Waals surface area contributed by atoms with Gasteiger partial charge < -0.3 is 0 Å². The largest absolute Gasteiger partial charge is 0.294 e. The Labute approximate surface area is 165 Å². The molecule has 2 atom stereocenters. The molecule has 0 saturated heterocycles. The van der Waals surface area contributed by atoms with E-state index in [9.17, 15) is 4.79 Å². The molecule has 0 spiro atoms. The Morgan fingerprint density at radius 1 is 1.11 bits per heavy atom. The average molecular weight is 368 g/mol. The second-order valence-corrected chi connectivity index (χ2v) is 8.39. The maximum Gasteiger partial charge on any atom is 0.166 e. The molecule has 2 aliphatic carbocycles. The third kappa shape index (κ3) is 2.57. The smallest absolute Gasteiger partial charge is 0.166 e. The van der Waals surface area contributed by atoms with Gasteiger partial charge in [-0.15, -0.1) is 0 Å². The number of rotatable bonds is 3. The fraction of sp³-hybridized carbons (Fsp3) is 0.280. The molecular formula is C25H24N2O. The van der Waals surface area contributed by atoms with Crippen LogP contribution in [0.25, 0.3) is 11.8 Å². The van der Waals surface area contributed by atoms with E-state index in [0.29, 0.717) is 0 Å². The van der Waals surface area contributed by atoms with Crippen molar-refractivity contribution in [1.29, 1.82) is 0 Å². The van der Waals surface area contributed by atoms with Gasteiger partial charge in [0.2, 0.25) is 0 Å². The van der Waals surface area contributed by atoms with Gasteiger partial charge in [0.1, 0.15) is 0 Å². The quantitative estimate of drug-likeness (QED) is 0.579. The number of ketones is 1. The molecule has 5 rings (SSSR count). The molecule has 0 N–H and O–H groups in total.